The van der Waals surface area contributed by atoms with Crippen molar-refractivity contribution in [2.24, 2.45) is 11.3 Å². The van der Waals surface area contributed by atoms with Gasteiger partial charge in [0.25, 0.3) is 0 Å². The fraction of sp³-hybridized carbons (Fsp3) is 0.917. The van der Waals surface area contributed by atoms with Crippen LogP contribution in [-0.4, -0.2) is 12.6 Å². The highest BCUT2D eigenvalue weighted by molar-refractivity contribution is 5.73. The van der Waals surface area contributed by atoms with Gasteiger partial charge in [-0.25, -0.2) is 0 Å². The summed E-state index contributed by atoms with van der Waals surface area (Å²) in [5.74, 6) is 0.152. The molecule has 0 aromatic heterocycles. The summed E-state index contributed by atoms with van der Waals surface area (Å²) in [7, 11) is 0. The SMILES string of the molecule is CCCOC(=O)C1CCCCC1(C)C. The number of hydrogen-bond acceptors (Lipinski definition) is 2. The highest BCUT2D eigenvalue weighted by Crippen LogP contribution is 2.41. The summed E-state index contributed by atoms with van der Waals surface area (Å²) in [6, 6.07) is 0. The standard InChI is InChI=1S/C12H22O2/c1-4-9-14-11(13)10-7-5-6-8-12(10,2)3/h10H,4-9H2,1-3H3. The number of rotatable bonds is 3. The van der Waals surface area contributed by atoms with Gasteiger partial charge in [-0.2, -0.15) is 0 Å². The van der Waals surface area contributed by atoms with E-state index in [1.165, 1.54) is 12.8 Å². The zero-order valence-electron chi connectivity index (χ0n) is 9.64. The zero-order chi connectivity index (χ0) is 10.6. The van der Waals surface area contributed by atoms with Crippen molar-refractivity contribution in [1.82, 2.24) is 0 Å². The molecule has 0 aromatic carbocycles. The van der Waals surface area contributed by atoms with E-state index in [1.54, 1.807) is 0 Å². The second-order valence-electron chi connectivity index (χ2n) is 4.95. The molecule has 0 aromatic rings. The maximum absolute atomic E-state index is 11.8. The first-order valence-corrected chi connectivity index (χ1v) is 5.74. The van der Waals surface area contributed by atoms with Gasteiger partial charge in [-0.1, -0.05) is 33.6 Å². The molecule has 0 saturated heterocycles. The predicted molar refractivity (Wildman–Crippen MR) is 57.0 cm³/mol. The minimum absolute atomic E-state index is 0.0246. The third-order valence-electron chi connectivity index (χ3n) is 3.24. The average molecular weight is 198 g/mol. The van der Waals surface area contributed by atoms with Gasteiger partial charge in [0.2, 0.25) is 0 Å². The van der Waals surface area contributed by atoms with Crippen LogP contribution < -0.4 is 0 Å². The zero-order valence-corrected chi connectivity index (χ0v) is 9.64. The summed E-state index contributed by atoms with van der Waals surface area (Å²) >= 11 is 0. The largest absolute Gasteiger partial charge is 0.465 e. The van der Waals surface area contributed by atoms with Gasteiger partial charge in [0.1, 0.15) is 0 Å². The van der Waals surface area contributed by atoms with Crippen LogP contribution in [0.4, 0.5) is 0 Å². The van der Waals surface area contributed by atoms with Crippen LogP contribution in [0.2, 0.25) is 0 Å². The average Bonchev–Trinajstić information content (AvgIpc) is 2.13. The molecule has 0 N–H and O–H groups in total. The maximum atomic E-state index is 11.8. The first kappa shape index (κ1) is 11.5. The van der Waals surface area contributed by atoms with Crippen LogP contribution in [-0.2, 0) is 9.53 Å². The number of carbonyl (C=O) groups is 1. The number of hydrogen-bond donors (Lipinski definition) is 0. The fourth-order valence-corrected chi connectivity index (χ4v) is 2.23. The van der Waals surface area contributed by atoms with Gasteiger partial charge in [0, 0.05) is 0 Å². The molecular weight excluding hydrogens is 176 g/mol. The van der Waals surface area contributed by atoms with Crippen LogP contribution in [0.1, 0.15) is 52.9 Å². The molecule has 1 saturated carbocycles. The van der Waals surface area contributed by atoms with Crippen LogP contribution in [0.3, 0.4) is 0 Å². The molecule has 0 radical (unpaired) electrons. The quantitative estimate of drug-likeness (QED) is 0.651. The first-order chi connectivity index (χ1) is 6.58. The normalized spacial score (nSPS) is 25.8. The molecule has 1 unspecified atom stereocenters. The number of carbonyl (C=O) groups excluding carboxylic acids is 1. The second kappa shape index (κ2) is 4.81. The minimum Gasteiger partial charge on any atom is -0.465 e. The van der Waals surface area contributed by atoms with E-state index in [1.807, 2.05) is 6.92 Å². The van der Waals surface area contributed by atoms with Gasteiger partial charge < -0.3 is 4.74 Å². The Kier molecular flexibility index (Phi) is 3.97. The van der Waals surface area contributed by atoms with Gasteiger partial charge >= 0.3 is 5.97 Å². The van der Waals surface area contributed by atoms with Gasteiger partial charge in [-0.15, -0.1) is 0 Å². The van der Waals surface area contributed by atoms with Gasteiger partial charge in [0.15, 0.2) is 0 Å². The lowest BCUT2D eigenvalue weighted by Gasteiger charge is -2.36. The number of ether oxygens (including phenoxy) is 1. The Labute approximate surface area is 87.0 Å². The van der Waals surface area contributed by atoms with Crippen molar-refractivity contribution in [3.8, 4) is 0 Å². The van der Waals surface area contributed by atoms with E-state index in [0.717, 1.165) is 19.3 Å². The van der Waals surface area contributed by atoms with Gasteiger partial charge in [0.05, 0.1) is 12.5 Å². The van der Waals surface area contributed by atoms with E-state index in [4.69, 9.17) is 4.74 Å². The molecular formula is C12H22O2. The molecule has 14 heavy (non-hydrogen) atoms. The Morgan fingerprint density at radius 3 is 2.71 bits per heavy atom. The summed E-state index contributed by atoms with van der Waals surface area (Å²) in [6.45, 7) is 6.97. The Hall–Kier alpha value is -0.530. The molecule has 1 aliphatic rings. The van der Waals surface area contributed by atoms with Crippen molar-refractivity contribution in [3.05, 3.63) is 0 Å². The summed E-state index contributed by atoms with van der Waals surface area (Å²) in [5, 5.41) is 0. The molecule has 1 aliphatic carbocycles. The van der Waals surface area contributed by atoms with E-state index < -0.39 is 0 Å². The molecule has 1 fully saturated rings. The van der Waals surface area contributed by atoms with Crippen molar-refractivity contribution in [2.75, 3.05) is 6.61 Å². The lowest BCUT2D eigenvalue weighted by Crippen LogP contribution is -2.35. The smallest absolute Gasteiger partial charge is 0.309 e. The molecule has 2 heteroatoms. The van der Waals surface area contributed by atoms with Crippen LogP contribution >= 0.6 is 0 Å². The fourth-order valence-electron chi connectivity index (χ4n) is 2.23. The Morgan fingerprint density at radius 2 is 2.14 bits per heavy atom. The van der Waals surface area contributed by atoms with Crippen molar-refractivity contribution in [2.45, 2.75) is 52.9 Å². The van der Waals surface area contributed by atoms with Crippen LogP contribution in [0.25, 0.3) is 0 Å². The summed E-state index contributed by atoms with van der Waals surface area (Å²) in [4.78, 5) is 11.8. The molecule has 82 valence electrons. The Bertz CT molecular complexity index is 196. The van der Waals surface area contributed by atoms with Crippen LogP contribution in [0.5, 0.6) is 0 Å². The molecule has 1 atom stereocenters. The van der Waals surface area contributed by atoms with Crippen molar-refractivity contribution < 1.29 is 9.53 Å². The molecule has 0 aliphatic heterocycles. The lowest BCUT2D eigenvalue weighted by molar-refractivity contribution is -0.154. The van der Waals surface area contributed by atoms with Crippen molar-refractivity contribution in [3.63, 3.8) is 0 Å². The Balaban J connectivity index is 2.51. The second-order valence-corrected chi connectivity index (χ2v) is 4.95. The van der Waals surface area contributed by atoms with Crippen molar-refractivity contribution >= 4 is 5.97 Å². The molecule has 1 rings (SSSR count). The van der Waals surface area contributed by atoms with Crippen molar-refractivity contribution in [1.29, 1.82) is 0 Å². The number of esters is 1. The molecule has 0 heterocycles. The molecule has 0 spiro atoms. The molecule has 0 amide bonds. The maximum Gasteiger partial charge on any atom is 0.309 e. The molecule has 0 bridgehead atoms. The third-order valence-corrected chi connectivity index (χ3v) is 3.24. The topological polar surface area (TPSA) is 26.3 Å². The van der Waals surface area contributed by atoms with Gasteiger partial charge in [-0.3, -0.25) is 4.79 Å². The summed E-state index contributed by atoms with van der Waals surface area (Å²) in [6.07, 6.45) is 5.51. The van der Waals surface area contributed by atoms with Crippen LogP contribution in [0.15, 0.2) is 0 Å². The lowest BCUT2D eigenvalue weighted by atomic mass is 9.69. The van der Waals surface area contributed by atoms with E-state index in [0.29, 0.717) is 6.61 Å². The Morgan fingerprint density at radius 1 is 1.43 bits per heavy atom. The summed E-state index contributed by atoms with van der Waals surface area (Å²) in [5.41, 5.74) is 0.142. The summed E-state index contributed by atoms with van der Waals surface area (Å²) < 4.78 is 5.23. The first-order valence-electron chi connectivity index (χ1n) is 5.74. The van der Waals surface area contributed by atoms with E-state index in [9.17, 15) is 4.79 Å². The monoisotopic (exact) mass is 198 g/mol. The van der Waals surface area contributed by atoms with E-state index >= 15 is 0 Å². The molecule has 2 nitrogen and oxygen atoms in total. The highest BCUT2D eigenvalue weighted by Gasteiger charge is 2.37. The minimum atomic E-state index is 0.0246. The van der Waals surface area contributed by atoms with E-state index in [2.05, 4.69) is 13.8 Å². The predicted octanol–water partition coefficient (Wildman–Crippen LogP) is 3.16. The van der Waals surface area contributed by atoms with Crippen LogP contribution in [0, 0.1) is 11.3 Å². The van der Waals surface area contributed by atoms with Gasteiger partial charge in [-0.05, 0) is 24.7 Å². The third kappa shape index (κ3) is 2.73. The van der Waals surface area contributed by atoms with E-state index in [-0.39, 0.29) is 17.3 Å². The highest BCUT2D eigenvalue weighted by atomic mass is 16.5.